The van der Waals surface area contributed by atoms with Gasteiger partial charge in [-0.1, -0.05) is 42.8 Å². The van der Waals surface area contributed by atoms with Crippen LogP contribution in [0.3, 0.4) is 0 Å². The summed E-state index contributed by atoms with van der Waals surface area (Å²) in [6, 6.07) is 34.6. The van der Waals surface area contributed by atoms with E-state index in [1.165, 1.54) is 140 Å². The van der Waals surface area contributed by atoms with E-state index in [-0.39, 0.29) is 102 Å². The third-order valence-corrected chi connectivity index (χ3v) is 20.9. The van der Waals surface area contributed by atoms with Crippen LogP contribution in [0.4, 0.5) is 0 Å². The average Bonchev–Trinajstić information content (AvgIpc) is 0.849. The third kappa shape index (κ3) is 41.8. The van der Waals surface area contributed by atoms with Crippen molar-refractivity contribution in [3.05, 3.63) is 264 Å². The van der Waals surface area contributed by atoms with Gasteiger partial charge in [0.2, 0.25) is 35.0 Å². The number of hydrogen-bond donors (Lipinski definition) is 16. The van der Waals surface area contributed by atoms with E-state index in [2.05, 4.69) is 20.0 Å². The lowest BCUT2D eigenvalue weighted by molar-refractivity contribution is -0.149. The van der Waals surface area contributed by atoms with E-state index in [1.807, 2.05) is 57.0 Å². The van der Waals surface area contributed by atoms with E-state index in [9.17, 15) is 114 Å². The molecule has 0 aliphatic heterocycles. The van der Waals surface area contributed by atoms with Gasteiger partial charge in [-0.3, -0.25) is 67.4 Å². The van der Waals surface area contributed by atoms with E-state index in [0.717, 1.165) is 68.0 Å². The van der Waals surface area contributed by atoms with Crippen molar-refractivity contribution in [2.24, 2.45) is 14.1 Å². The number of carbonyl (C=O) groups is 3. The molecule has 772 valence electrons. The number of aromatic hydroxyl groups is 8. The summed E-state index contributed by atoms with van der Waals surface area (Å²) in [5, 5.41) is 143. The molecule has 8 heterocycles. The number of benzene rings is 2. The molecule has 10 aromatic rings. The van der Waals surface area contributed by atoms with Crippen molar-refractivity contribution < 1.29 is 120 Å². The van der Waals surface area contributed by atoms with Gasteiger partial charge in [-0.15, -0.1) is 18.9 Å². The molecule has 0 bridgehead atoms. The molecular weight excluding hydrogens is 1850 g/mol. The van der Waals surface area contributed by atoms with Crippen molar-refractivity contribution >= 4 is 17.9 Å². The number of pyridine rings is 8. The first kappa shape index (κ1) is 116. The largest absolute Gasteiger partial charge is 0.504 e. The summed E-state index contributed by atoms with van der Waals surface area (Å²) in [5.74, 6) is -4.83. The fraction of sp³-hybridized carbons (Fsp3) is 0.409. The van der Waals surface area contributed by atoms with Gasteiger partial charge in [-0.25, -0.2) is 0 Å². The smallest absolute Gasteiger partial charge is 0.320 e. The minimum Gasteiger partial charge on any atom is -0.504 e. The lowest BCUT2D eigenvalue weighted by Gasteiger charge is -2.25. The van der Waals surface area contributed by atoms with Crippen molar-refractivity contribution in [1.82, 2.24) is 76.8 Å². The molecule has 0 amide bonds. The second kappa shape index (κ2) is 61.0. The number of carboxylic acid groups (broad SMARTS) is 3. The molecule has 0 fully saturated rings. The summed E-state index contributed by atoms with van der Waals surface area (Å²) in [5.41, 5.74) is -2.14. The Bertz CT molecular complexity index is 5740. The molecule has 0 radical (unpaired) electrons. The van der Waals surface area contributed by atoms with E-state index < -0.39 is 93.0 Å². The number of nitrogens with one attached hydrogen (secondary N) is 1. The number of aliphatic carboxylic acids is 3. The van der Waals surface area contributed by atoms with E-state index in [1.54, 1.807) is 69.9 Å². The fourth-order valence-electron chi connectivity index (χ4n) is 12.3. The zero-order chi connectivity index (χ0) is 104. The van der Waals surface area contributed by atoms with Gasteiger partial charge in [0.15, 0.2) is 46.0 Å². The zero-order valence-corrected chi connectivity index (χ0v) is 79.9. The lowest BCUT2D eigenvalue weighted by Crippen LogP contribution is -2.46. The Morgan fingerprint density at radius 1 is 0.348 bits per heavy atom. The average molecular weight is 1980 g/mol. The summed E-state index contributed by atoms with van der Waals surface area (Å²) in [7, 11) is 16.3. The topological polar surface area (TPSA) is 621 Å². The Morgan fingerprint density at radius 3 is 0.972 bits per heavy atom. The van der Waals surface area contributed by atoms with Gasteiger partial charge in [0, 0.05) is 191 Å². The van der Waals surface area contributed by atoms with Crippen LogP contribution in [0, 0.1) is 0 Å². The number of phenols is 4. The van der Waals surface area contributed by atoms with Gasteiger partial charge in [-0.2, -0.15) is 0 Å². The molecule has 2 aromatic carbocycles. The third-order valence-electron chi connectivity index (χ3n) is 20.9. The minimum atomic E-state index is -1.25. The molecule has 1 atom stereocenters. The quantitative estimate of drug-likeness (QED) is 0.0144. The van der Waals surface area contributed by atoms with Crippen LogP contribution in [0.15, 0.2) is 209 Å². The number of aryl methyl sites for hydroxylation is 2. The van der Waals surface area contributed by atoms with Crippen LogP contribution >= 0.6 is 0 Å². The first-order valence-corrected chi connectivity index (χ1v) is 44.1. The minimum absolute atomic E-state index is 0.0701. The SMILES string of the molecule is CN(CCOc1cccc(=O)n1O)CCN(C)CCOc1cccc(=O)n1O.CN(CCOc1cccc(=O)n1O)CCOc1cccc(=O)n1O.CN(CCOc1ccn(C)c(=O)c1O)CCOc1ccn(C)c(=O)c1O.CN(CCc1ccc(O)c(O)c1)CCc1ccc(O)c(O)c1.CN(CCn1cccc(O)c1=O)CCn1cccc(O)c1=O.CNCCCCC(C(=O)O)N(CC(=O)O)CC(=O)O. The first-order valence-electron chi connectivity index (χ1n) is 44.1. The Morgan fingerprint density at radius 2 is 0.660 bits per heavy atom. The van der Waals surface area contributed by atoms with Gasteiger partial charge >= 0.3 is 17.9 Å². The van der Waals surface area contributed by atoms with Crippen LogP contribution in [0.2, 0.25) is 0 Å². The molecule has 0 saturated carbocycles. The number of hydrogen-bond acceptors (Lipinski definition) is 37. The van der Waals surface area contributed by atoms with Gasteiger partial charge in [-0.05, 0) is 141 Å². The number of carboxylic acids is 3. The maximum absolute atomic E-state index is 11.7. The Labute approximate surface area is 808 Å². The first-order chi connectivity index (χ1) is 67.0. The number of ether oxygens (including phenoxy) is 6. The number of rotatable bonds is 50. The number of unbranched alkanes of at least 4 members (excludes halogenated alkanes) is 1. The molecule has 0 spiro atoms. The fourth-order valence-corrected chi connectivity index (χ4v) is 12.3. The standard InChI is InChI=1S/C18H26N4O6.C17H23N3O6.C17H21NO4.C15H19N3O6.C15H19N3O4.C11H20N2O6/c1-19(11-13-27-17-7-3-5-15(23)21(17)25)9-10-20(2)12-14-28-18-8-4-6-16(24)22(18)26;1-18(8-10-25-12-4-6-19(2)16(23)14(12)21)9-11-26-13-5-7-20(3)17(24)15(13)22;1-18(8-6-12-2-4-14(19)16(21)10-12)9-7-13-3-5-15(20)17(22)11-13;1-16(8-10-23-14-6-2-4-12(19)17(14)21)9-11-24-15-7-3-5-13(20)18(15)22;1-16(8-10-17-6-2-4-12(19)14(17)21)9-11-18-7-3-5-13(20)15(18)22;1-12-5-3-2-4-8(11(18)19)13(6-9(14)15)7-10(16)17/h3-8,25-26H,9-14H2,1-2H3;4-7,21-22H,8-11H2,1-3H3;2-5,10-11,19-22H,6-9H2,1H3;2-7,21-22H,8-11H2,1H3;2-7,19-20H,8-11H2,1H3;8,12H,2-7H2,1H3,(H,14,15)(H,16,17)(H,18,19). The molecule has 48 heteroatoms. The second-order valence-corrected chi connectivity index (χ2v) is 31.9. The lowest BCUT2D eigenvalue weighted by atomic mass is 10.1. The predicted octanol–water partition coefficient (Wildman–Crippen LogP) is 1.14. The molecule has 0 aliphatic rings. The summed E-state index contributed by atoms with van der Waals surface area (Å²) in [6.07, 6.45) is 9.36. The van der Waals surface area contributed by atoms with E-state index >= 15 is 0 Å². The summed E-state index contributed by atoms with van der Waals surface area (Å²) in [6.45, 7) is 9.83. The van der Waals surface area contributed by atoms with Crippen LogP contribution in [0.1, 0.15) is 30.4 Å². The molecule has 0 aliphatic carbocycles. The maximum atomic E-state index is 11.7. The Kier molecular flexibility index (Phi) is 50.2. The van der Waals surface area contributed by atoms with Crippen molar-refractivity contribution in [1.29, 1.82) is 0 Å². The van der Waals surface area contributed by atoms with Crippen LogP contribution in [0.5, 0.6) is 81.0 Å². The Hall–Kier alpha value is -15.5. The van der Waals surface area contributed by atoms with Crippen molar-refractivity contribution in [2.75, 3.05) is 187 Å². The predicted molar refractivity (Wildman–Crippen MR) is 514 cm³/mol. The van der Waals surface area contributed by atoms with Crippen LogP contribution < -0.4 is 78.2 Å². The van der Waals surface area contributed by atoms with Crippen molar-refractivity contribution in [2.45, 2.75) is 51.2 Å². The van der Waals surface area contributed by atoms with Crippen molar-refractivity contribution in [3.63, 3.8) is 0 Å². The highest BCUT2D eigenvalue weighted by molar-refractivity contribution is 5.78. The van der Waals surface area contributed by atoms with Crippen LogP contribution in [-0.4, -0.2) is 360 Å². The molecule has 48 nitrogen and oxygen atoms in total. The highest BCUT2D eigenvalue weighted by atomic mass is 16.6. The van der Waals surface area contributed by atoms with E-state index in [0.29, 0.717) is 104 Å². The molecule has 141 heavy (non-hydrogen) atoms. The van der Waals surface area contributed by atoms with Gasteiger partial charge < -0.3 is 149 Å². The van der Waals surface area contributed by atoms with Crippen molar-refractivity contribution in [3.8, 4) is 81.0 Å². The van der Waals surface area contributed by atoms with E-state index in [4.69, 9.17) is 43.7 Å². The maximum Gasteiger partial charge on any atom is 0.320 e. The normalized spacial score (nSPS) is 11.1. The number of phenolic OH excluding ortho intramolecular Hbond substituents is 4. The van der Waals surface area contributed by atoms with Gasteiger partial charge in [0.1, 0.15) is 45.7 Å². The second-order valence-electron chi connectivity index (χ2n) is 31.9. The molecule has 8 aromatic heterocycles. The van der Waals surface area contributed by atoms with Crippen LogP contribution in [0.25, 0.3) is 0 Å². The van der Waals surface area contributed by atoms with Crippen LogP contribution in [-0.2, 0) is 54.4 Å². The summed E-state index contributed by atoms with van der Waals surface area (Å²) < 4.78 is 39.6. The Balaban J connectivity index is 0.000000299. The van der Waals surface area contributed by atoms with Gasteiger partial charge in [0.25, 0.3) is 44.5 Å². The summed E-state index contributed by atoms with van der Waals surface area (Å²) in [4.78, 5) is 137. The number of likely N-dealkylation sites (N-methyl/N-ethyl adjacent to an activating group) is 6. The number of nitrogens with zero attached hydrogens (tertiary/aromatic N) is 15. The molecule has 0 saturated heterocycles. The highest BCUT2D eigenvalue weighted by Gasteiger charge is 2.29. The highest BCUT2D eigenvalue weighted by Crippen LogP contribution is 2.28. The zero-order valence-electron chi connectivity index (χ0n) is 79.9. The molecule has 10 rings (SSSR count). The van der Waals surface area contributed by atoms with Gasteiger partial charge in [0.05, 0.1) is 13.1 Å². The summed E-state index contributed by atoms with van der Waals surface area (Å²) >= 11 is 0. The number of aromatic nitrogens is 8. The molecule has 1 unspecified atom stereocenters. The molecule has 16 N–H and O–H groups in total. The molecular formula is C93H128N16O32. The monoisotopic (exact) mass is 1980 g/mol.